The average molecular weight is 1680 g/mol. The highest BCUT2D eigenvalue weighted by molar-refractivity contribution is 6.10. The number of allylic oxidation sites excluding steroid dienone is 1. The first-order valence-electron chi connectivity index (χ1n) is 42.2. The van der Waals surface area contributed by atoms with Crippen LogP contribution >= 0.6 is 0 Å². The van der Waals surface area contributed by atoms with Gasteiger partial charge in [0.1, 0.15) is 51.9 Å². The van der Waals surface area contributed by atoms with E-state index in [9.17, 15) is 48.9 Å². The molecule has 7 N–H and O–H groups in total. The van der Waals surface area contributed by atoms with E-state index in [0.717, 1.165) is 107 Å². The summed E-state index contributed by atoms with van der Waals surface area (Å²) in [6.07, 6.45) is 20.1. The molecule has 0 amide bonds. The van der Waals surface area contributed by atoms with E-state index in [0.29, 0.717) is 57.5 Å². The molecule has 13 aromatic rings. The van der Waals surface area contributed by atoms with Gasteiger partial charge in [-0.15, -0.1) is 0 Å². The van der Waals surface area contributed by atoms with Gasteiger partial charge in [0, 0.05) is 116 Å². The smallest absolute Gasteiger partial charge is 0.237 e. The van der Waals surface area contributed by atoms with Crippen LogP contribution in [0.3, 0.4) is 0 Å². The number of aromatic hydroxyl groups is 7. The highest BCUT2D eigenvalue weighted by Gasteiger charge is 2.19. The molecule has 21 nitrogen and oxygen atoms in total. The number of nitrogens with zero attached hydrogens (tertiary/aromatic N) is 13. The molecule has 123 heavy (non-hydrogen) atoms. The number of pyridine rings is 1. The Kier molecular flexibility index (Phi) is 32.9. The molecule has 0 aliphatic carbocycles. The predicted molar refractivity (Wildman–Crippen MR) is 487 cm³/mol. The van der Waals surface area contributed by atoms with Crippen LogP contribution in [0, 0.1) is 19.7 Å². The van der Waals surface area contributed by atoms with Gasteiger partial charge in [-0.25, -0.2) is 37.5 Å². The van der Waals surface area contributed by atoms with Crippen molar-refractivity contribution in [2.75, 3.05) is 7.05 Å². The van der Waals surface area contributed by atoms with Crippen LogP contribution in [0.25, 0.3) is 55.9 Å². The molecule has 0 fully saturated rings. The third-order valence-electron chi connectivity index (χ3n) is 20.1. The molecule has 6 aromatic heterocycles. The van der Waals surface area contributed by atoms with Crippen molar-refractivity contribution in [3.05, 3.63) is 288 Å². The van der Waals surface area contributed by atoms with Gasteiger partial charge < -0.3 is 49.9 Å². The van der Waals surface area contributed by atoms with Crippen LogP contribution in [0.1, 0.15) is 231 Å². The lowest BCUT2D eigenvalue weighted by molar-refractivity contribution is 0.0810. The number of halogens is 3. The van der Waals surface area contributed by atoms with Gasteiger partial charge in [-0.2, -0.15) is 20.4 Å². The van der Waals surface area contributed by atoms with Gasteiger partial charge in [0.2, 0.25) is 12.2 Å². The van der Waals surface area contributed by atoms with E-state index >= 15 is 0 Å². The number of phenols is 7. The molecule has 14 rings (SSSR count). The summed E-state index contributed by atoms with van der Waals surface area (Å²) in [5, 5.41) is 85.9. The molecule has 1 aliphatic rings. The number of phenolic OH excluding ortho intramolecular Hbond substituents is 7. The van der Waals surface area contributed by atoms with Crippen molar-refractivity contribution in [1.29, 1.82) is 0 Å². The maximum absolute atomic E-state index is 14.0. The number of hydrogen-bond donors (Lipinski definition) is 7. The number of aromatic nitrogens is 11. The molecular weight excluding hydrogens is 1560 g/mol. The van der Waals surface area contributed by atoms with Crippen molar-refractivity contribution < 1.29 is 56.4 Å². The van der Waals surface area contributed by atoms with Crippen molar-refractivity contribution >= 4 is 5.71 Å². The molecule has 1 aliphatic heterocycles. The zero-order valence-electron chi connectivity index (χ0n) is 76.3. The minimum Gasteiger partial charge on any atom is -0.508 e. The quantitative estimate of drug-likeness (QED) is 0.0397. The van der Waals surface area contributed by atoms with Crippen LogP contribution < -0.4 is 4.74 Å². The zero-order valence-corrected chi connectivity index (χ0v) is 74.3. The van der Waals surface area contributed by atoms with E-state index in [4.69, 9.17) is 7.48 Å². The van der Waals surface area contributed by atoms with Crippen LogP contribution in [0.2, 0.25) is 0 Å². The second-order valence-electron chi connectivity index (χ2n) is 32.1. The average Bonchev–Trinajstić information content (AvgIpc) is 1.77. The van der Waals surface area contributed by atoms with Crippen LogP contribution in [-0.2, 0) is 13.0 Å². The number of aryl methyl sites for hydroxylation is 4. The topological polar surface area (TPSA) is 268 Å². The summed E-state index contributed by atoms with van der Waals surface area (Å²) in [6, 6.07) is 40.0. The van der Waals surface area contributed by atoms with E-state index in [1.54, 1.807) is 114 Å². The molecule has 0 spiro atoms. The molecule has 0 saturated carbocycles. The molecule has 7 aromatic carbocycles. The standard InChI is InChI=1S/C16H18FNO2.C15H18N2O.2C14H17FN2O.C14H18N2O.2C13H16N2O/c1-10(2)14-5-4-12(8-15(14)19)13-6-7-18-16(9-13)20-11(3)17;1-10(2)13-6-5-12(9-15(13)18)14-7-8-17(4)11(3)16-14;1-9(2)13-5-4-11(6-14(13)18)12-7-16-17(8-12)10(3)15;1-4-17-8-10(7-16-17)12-6-14(18)11(9(2)3)5-13(12)15;1-4-16-9-12(8-15-16)11-5-6-13(10(2)3)14(17)7-11;1-9(2)12-5-4-11(6-13(12)16)15-7-10(3)14-8-15;1-9(2)12-5-4-11(6-13(12)16)15-8-10(3)7-14-15/h4-11,19H,1-3H3;5-10,18H,3H2,1-2,4H3;4-10,18H,1-3H3;5-9,18H,4H2,1-3H3;5-10,17H,4H2,1-3H3;2*4-9,16H,1-3H3/i;;;;4D2;;. The minimum atomic E-state index is -1.53. The number of alkyl halides is 2. The molecule has 2 unspecified atom stereocenters. The van der Waals surface area contributed by atoms with Gasteiger partial charge in [0.15, 0.2) is 6.30 Å². The first-order valence-corrected chi connectivity index (χ1v) is 41.2. The Balaban J connectivity index is 0.000000181. The van der Waals surface area contributed by atoms with Crippen molar-refractivity contribution in [3.63, 3.8) is 0 Å². The monoisotopic (exact) mass is 1680 g/mol. The SMILES string of the molecule is C=C1N=C(c2ccc(C(C)C)c(O)c2)C=CN1C.CC(C)c1ccc(-c2cnn(C(C)F)c2)cc1O.CC(F)Oc1cc(-c2ccc(C(C)C)c(O)c2)ccn1.CCn1cc(-c2cc(O)c(C(C)C)cc2F)cn1.Cc1cn(-c2ccc(C(C)C)c(O)c2)cn1.Cc1cnn(-c2ccc(C(C)C)c(O)c2)c1.[2H]C([2H])(C)n1cc(-c2ccc(C(C)C)c(O)c2)cn1. The summed E-state index contributed by atoms with van der Waals surface area (Å²) >= 11 is 0. The lowest BCUT2D eigenvalue weighted by Crippen LogP contribution is -2.15. The largest absolute Gasteiger partial charge is 0.508 e. The number of rotatable bonds is 19. The maximum Gasteiger partial charge on any atom is 0.237 e. The highest BCUT2D eigenvalue weighted by Crippen LogP contribution is 2.38. The summed E-state index contributed by atoms with van der Waals surface area (Å²) in [6.45, 7) is 41.5. The number of benzene rings is 7. The van der Waals surface area contributed by atoms with Gasteiger partial charge in [0.05, 0.1) is 56.6 Å². The number of ether oxygens (including phenoxy) is 1. The second kappa shape index (κ2) is 43.9. The minimum absolute atomic E-state index is 0.0897. The van der Waals surface area contributed by atoms with Gasteiger partial charge in [-0.1, -0.05) is 164 Å². The van der Waals surface area contributed by atoms with Crippen LogP contribution in [0.15, 0.2) is 231 Å². The summed E-state index contributed by atoms with van der Waals surface area (Å²) in [7, 11) is 1.90. The van der Waals surface area contributed by atoms with E-state index in [2.05, 4.69) is 83.5 Å². The Morgan fingerprint density at radius 1 is 0.439 bits per heavy atom. The Morgan fingerprint density at radius 2 is 0.870 bits per heavy atom. The molecule has 0 radical (unpaired) electrons. The summed E-state index contributed by atoms with van der Waals surface area (Å²) in [5.41, 5.74) is 17.8. The van der Waals surface area contributed by atoms with Crippen LogP contribution in [-0.4, -0.2) is 113 Å². The Hall–Kier alpha value is -13.1. The van der Waals surface area contributed by atoms with E-state index in [1.807, 2.05) is 190 Å². The van der Waals surface area contributed by atoms with Gasteiger partial charge in [-0.05, 0) is 203 Å². The van der Waals surface area contributed by atoms with Gasteiger partial charge >= 0.3 is 0 Å². The Labute approximate surface area is 724 Å². The van der Waals surface area contributed by atoms with Crippen LogP contribution in [0.4, 0.5) is 13.2 Å². The molecule has 24 heteroatoms. The Morgan fingerprint density at radius 3 is 1.29 bits per heavy atom. The highest BCUT2D eigenvalue weighted by atomic mass is 19.1. The fourth-order valence-corrected chi connectivity index (χ4v) is 13.0. The zero-order chi connectivity index (χ0) is 92.2. The van der Waals surface area contributed by atoms with E-state index in [1.165, 1.54) is 42.3 Å². The maximum atomic E-state index is 14.0. The fourth-order valence-electron chi connectivity index (χ4n) is 13.0. The number of hydrogen-bond acceptors (Lipinski definition) is 16. The van der Waals surface area contributed by atoms with Crippen LogP contribution in [0.5, 0.6) is 46.1 Å². The predicted octanol–water partition coefficient (Wildman–Crippen LogP) is 24.3. The normalized spacial score (nSPS) is 12.5. The van der Waals surface area contributed by atoms with Crippen molar-refractivity contribution in [1.82, 2.24) is 58.6 Å². The molecule has 0 bridgehead atoms. The molecule has 7 heterocycles. The lowest BCUT2D eigenvalue weighted by Gasteiger charge is -2.19. The summed E-state index contributed by atoms with van der Waals surface area (Å²) in [4.78, 5) is 14.4. The van der Waals surface area contributed by atoms with Crippen molar-refractivity contribution in [3.8, 4) is 102 Å². The first-order chi connectivity index (χ1) is 58.9. The first kappa shape index (κ1) is 92.2. The van der Waals surface area contributed by atoms with Crippen molar-refractivity contribution in [2.45, 2.75) is 206 Å². The third-order valence-corrected chi connectivity index (χ3v) is 20.1. The molecule has 0 saturated heterocycles. The Bertz CT molecular complexity index is 5720. The summed E-state index contributed by atoms with van der Waals surface area (Å²) < 4.78 is 68.0. The van der Waals surface area contributed by atoms with Crippen molar-refractivity contribution in [2.24, 2.45) is 4.99 Å². The fraction of sp³-hybridized carbons (Fsp3) is 0.323. The molecule has 2 atom stereocenters. The lowest BCUT2D eigenvalue weighted by atomic mass is 9.98. The number of imidazole rings is 1. The van der Waals surface area contributed by atoms with Gasteiger partial charge in [-0.3, -0.25) is 9.36 Å². The third kappa shape index (κ3) is 26.4. The molecular formula is C99H120F3N13O8. The van der Waals surface area contributed by atoms with E-state index < -0.39 is 19.2 Å². The number of aliphatic imine (C=N–C) groups is 1. The van der Waals surface area contributed by atoms with Gasteiger partial charge in [0.25, 0.3) is 0 Å². The second-order valence-corrected chi connectivity index (χ2v) is 32.1. The summed E-state index contributed by atoms with van der Waals surface area (Å²) in [5.74, 6) is 4.37. The van der Waals surface area contributed by atoms with E-state index in [-0.39, 0.29) is 58.4 Å². The molecule has 650 valence electrons.